The molecule has 0 aliphatic heterocycles. The van der Waals surface area contributed by atoms with E-state index in [1.165, 1.54) is 4.88 Å². The fourth-order valence-corrected chi connectivity index (χ4v) is 2.85. The van der Waals surface area contributed by atoms with Crippen molar-refractivity contribution >= 4 is 22.9 Å². The molecule has 0 aliphatic rings. The van der Waals surface area contributed by atoms with E-state index in [0.29, 0.717) is 0 Å². The Morgan fingerprint density at radius 2 is 2.35 bits per heavy atom. The lowest BCUT2D eigenvalue weighted by Gasteiger charge is -2.15. The molecule has 0 spiro atoms. The number of hydrogen-bond donors (Lipinski definition) is 2. The molecule has 0 radical (unpaired) electrons. The number of nitrogens with two attached hydrogens (primary N) is 1. The summed E-state index contributed by atoms with van der Waals surface area (Å²) in [6.07, 6.45) is 0.806. The Hall–Kier alpha value is -0.940. The minimum Gasteiger partial charge on any atom is -0.271 e. The van der Waals surface area contributed by atoms with Crippen LogP contribution in [0.1, 0.15) is 22.2 Å². The van der Waals surface area contributed by atoms with Crippen LogP contribution in [0.25, 0.3) is 0 Å². The van der Waals surface area contributed by atoms with Gasteiger partial charge in [-0.3, -0.25) is 11.3 Å². The van der Waals surface area contributed by atoms with Crippen molar-refractivity contribution in [1.82, 2.24) is 10.4 Å². The molecule has 1 heterocycles. The Labute approximate surface area is 110 Å². The van der Waals surface area contributed by atoms with Gasteiger partial charge in [0.15, 0.2) is 0 Å². The van der Waals surface area contributed by atoms with Crippen molar-refractivity contribution in [1.29, 1.82) is 0 Å². The van der Waals surface area contributed by atoms with Crippen LogP contribution in [-0.4, -0.2) is 4.98 Å². The summed E-state index contributed by atoms with van der Waals surface area (Å²) in [5, 5.41) is 0.749. The highest BCUT2D eigenvalue weighted by molar-refractivity contribution is 7.09. The van der Waals surface area contributed by atoms with Crippen molar-refractivity contribution in [3.05, 3.63) is 50.9 Å². The van der Waals surface area contributed by atoms with E-state index in [0.717, 1.165) is 22.7 Å². The van der Waals surface area contributed by atoms with E-state index in [2.05, 4.69) is 10.4 Å². The minimum absolute atomic E-state index is 0.0842. The number of hydrazine groups is 1. The van der Waals surface area contributed by atoms with Gasteiger partial charge in [-0.05, 0) is 31.0 Å². The molecule has 1 unspecified atom stereocenters. The van der Waals surface area contributed by atoms with Gasteiger partial charge in [0.05, 0.1) is 17.2 Å². The Morgan fingerprint density at radius 3 is 2.94 bits per heavy atom. The standard InChI is InChI=1S/C12H14ClN3S/c1-8-12(17-7-15-8)11(16-14)6-9-3-2-4-10(13)5-9/h2-5,7,11,16H,6,14H2,1H3. The molecule has 1 aromatic carbocycles. The normalized spacial score (nSPS) is 12.6. The number of hydrogen-bond acceptors (Lipinski definition) is 4. The zero-order valence-electron chi connectivity index (χ0n) is 9.48. The van der Waals surface area contributed by atoms with Crippen molar-refractivity contribution in [2.75, 3.05) is 0 Å². The van der Waals surface area contributed by atoms with Gasteiger partial charge in [0.2, 0.25) is 0 Å². The summed E-state index contributed by atoms with van der Waals surface area (Å²) in [4.78, 5) is 5.42. The van der Waals surface area contributed by atoms with Crippen LogP contribution in [0.2, 0.25) is 5.02 Å². The third kappa shape index (κ3) is 3.04. The second-order valence-corrected chi connectivity index (χ2v) is 5.18. The smallest absolute Gasteiger partial charge is 0.0798 e. The third-order valence-corrected chi connectivity index (χ3v) is 3.91. The number of aromatic nitrogens is 1. The summed E-state index contributed by atoms with van der Waals surface area (Å²) in [6, 6.07) is 7.91. The Balaban J connectivity index is 2.19. The van der Waals surface area contributed by atoms with E-state index in [-0.39, 0.29) is 6.04 Å². The molecule has 3 N–H and O–H groups in total. The van der Waals surface area contributed by atoms with Crippen LogP contribution in [0, 0.1) is 6.92 Å². The first-order valence-corrected chi connectivity index (χ1v) is 6.57. The number of nitrogens with zero attached hydrogens (tertiary/aromatic N) is 1. The molecular formula is C12H14ClN3S. The molecule has 3 nitrogen and oxygen atoms in total. The van der Waals surface area contributed by atoms with Crippen LogP contribution < -0.4 is 11.3 Å². The summed E-state index contributed by atoms with van der Waals surface area (Å²) >= 11 is 7.59. The molecule has 1 aromatic heterocycles. The van der Waals surface area contributed by atoms with E-state index in [9.17, 15) is 0 Å². The molecule has 0 saturated carbocycles. The maximum absolute atomic E-state index is 5.97. The van der Waals surface area contributed by atoms with Gasteiger partial charge < -0.3 is 0 Å². The number of nitrogens with one attached hydrogen (secondary N) is 1. The van der Waals surface area contributed by atoms with Crippen molar-refractivity contribution in [3.63, 3.8) is 0 Å². The number of halogens is 1. The lowest BCUT2D eigenvalue weighted by atomic mass is 10.0. The van der Waals surface area contributed by atoms with Gasteiger partial charge in [0.25, 0.3) is 0 Å². The lowest BCUT2D eigenvalue weighted by Crippen LogP contribution is -2.29. The van der Waals surface area contributed by atoms with Crippen LogP contribution in [0.3, 0.4) is 0 Å². The summed E-state index contributed by atoms with van der Waals surface area (Å²) in [7, 11) is 0. The van der Waals surface area contributed by atoms with E-state index in [1.807, 2.05) is 36.7 Å². The Kier molecular flexibility index (Phi) is 4.12. The van der Waals surface area contributed by atoms with Crippen molar-refractivity contribution in [2.24, 2.45) is 5.84 Å². The average Bonchev–Trinajstić information content (AvgIpc) is 2.72. The molecular weight excluding hydrogens is 254 g/mol. The molecule has 0 aliphatic carbocycles. The largest absolute Gasteiger partial charge is 0.271 e. The van der Waals surface area contributed by atoms with Gasteiger partial charge in [-0.15, -0.1) is 11.3 Å². The Bertz CT molecular complexity index is 498. The highest BCUT2D eigenvalue weighted by Gasteiger charge is 2.15. The summed E-state index contributed by atoms with van der Waals surface area (Å²) < 4.78 is 0. The fourth-order valence-electron chi connectivity index (χ4n) is 1.77. The molecule has 90 valence electrons. The molecule has 1 atom stereocenters. The topological polar surface area (TPSA) is 50.9 Å². The first-order chi connectivity index (χ1) is 8.20. The molecule has 17 heavy (non-hydrogen) atoms. The van der Waals surface area contributed by atoms with Gasteiger partial charge in [0.1, 0.15) is 0 Å². The highest BCUT2D eigenvalue weighted by Crippen LogP contribution is 2.25. The molecule has 5 heteroatoms. The molecule has 0 saturated heterocycles. The third-order valence-electron chi connectivity index (χ3n) is 2.63. The number of aryl methyl sites for hydroxylation is 1. The van der Waals surface area contributed by atoms with Crippen molar-refractivity contribution in [2.45, 2.75) is 19.4 Å². The fraction of sp³-hybridized carbons (Fsp3) is 0.250. The monoisotopic (exact) mass is 267 g/mol. The lowest BCUT2D eigenvalue weighted by molar-refractivity contribution is 0.557. The Morgan fingerprint density at radius 1 is 1.53 bits per heavy atom. The molecule has 0 fully saturated rings. The second-order valence-electron chi connectivity index (χ2n) is 3.86. The van der Waals surface area contributed by atoms with Crippen LogP contribution in [-0.2, 0) is 6.42 Å². The molecule has 0 amide bonds. The molecule has 2 aromatic rings. The van der Waals surface area contributed by atoms with Gasteiger partial charge in [-0.25, -0.2) is 4.98 Å². The van der Waals surface area contributed by atoms with Crippen LogP contribution in [0.4, 0.5) is 0 Å². The summed E-state index contributed by atoms with van der Waals surface area (Å²) in [5.74, 6) is 5.61. The van der Waals surface area contributed by atoms with E-state index < -0.39 is 0 Å². The predicted molar refractivity (Wildman–Crippen MR) is 72.1 cm³/mol. The van der Waals surface area contributed by atoms with Gasteiger partial charge in [-0.2, -0.15) is 0 Å². The number of thiazole rings is 1. The SMILES string of the molecule is Cc1ncsc1C(Cc1cccc(Cl)c1)NN. The van der Waals surface area contributed by atoms with Gasteiger partial charge in [0, 0.05) is 9.90 Å². The van der Waals surface area contributed by atoms with Gasteiger partial charge >= 0.3 is 0 Å². The van der Waals surface area contributed by atoms with E-state index in [4.69, 9.17) is 17.4 Å². The summed E-state index contributed by atoms with van der Waals surface area (Å²) in [6.45, 7) is 1.99. The van der Waals surface area contributed by atoms with E-state index >= 15 is 0 Å². The summed E-state index contributed by atoms with van der Waals surface area (Å²) in [5.41, 5.74) is 6.87. The maximum atomic E-state index is 5.97. The minimum atomic E-state index is 0.0842. The zero-order valence-corrected chi connectivity index (χ0v) is 11.1. The van der Waals surface area contributed by atoms with Crippen LogP contribution in [0.15, 0.2) is 29.8 Å². The number of rotatable bonds is 4. The van der Waals surface area contributed by atoms with Crippen molar-refractivity contribution < 1.29 is 0 Å². The van der Waals surface area contributed by atoms with Crippen LogP contribution >= 0.6 is 22.9 Å². The van der Waals surface area contributed by atoms with Gasteiger partial charge in [-0.1, -0.05) is 23.7 Å². The molecule has 0 bridgehead atoms. The van der Waals surface area contributed by atoms with E-state index in [1.54, 1.807) is 11.3 Å². The highest BCUT2D eigenvalue weighted by atomic mass is 35.5. The quantitative estimate of drug-likeness (QED) is 0.662. The van der Waals surface area contributed by atoms with Crippen molar-refractivity contribution in [3.8, 4) is 0 Å². The first kappa shape index (κ1) is 12.5. The number of benzene rings is 1. The van der Waals surface area contributed by atoms with Crippen LogP contribution in [0.5, 0.6) is 0 Å². The average molecular weight is 268 g/mol. The predicted octanol–water partition coefficient (Wildman–Crippen LogP) is 2.85. The first-order valence-electron chi connectivity index (χ1n) is 5.31. The second kappa shape index (κ2) is 5.60. The maximum Gasteiger partial charge on any atom is 0.0798 e. The zero-order chi connectivity index (χ0) is 12.3. The molecule has 2 rings (SSSR count).